The molecule has 0 amide bonds. The lowest BCUT2D eigenvalue weighted by atomic mass is 9.98. The van der Waals surface area contributed by atoms with Gasteiger partial charge in [0.2, 0.25) is 0 Å². The van der Waals surface area contributed by atoms with Gasteiger partial charge in [-0.2, -0.15) is 0 Å². The van der Waals surface area contributed by atoms with Gasteiger partial charge in [-0.1, -0.05) is 60.4 Å². The van der Waals surface area contributed by atoms with E-state index < -0.39 is 5.97 Å². The van der Waals surface area contributed by atoms with Gasteiger partial charge in [0, 0.05) is 12.2 Å². The molecule has 0 radical (unpaired) electrons. The Balaban J connectivity index is 1.77. The summed E-state index contributed by atoms with van der Waals surface area (Å²) in [5.74, 6) is 5.06. The van der Waals surface area contributed by atoms with E-state index in [4.69, 9.17) is 10.2 Å². The van der Waals surface area contributed by atoms with Gasteiger partial charge in [0.25, 0.3) is 0 Å². The van der Waals surface area contributed by atoms with Crippen LogP contribution < -0.4 is 0 Å². The maximum absolute atomic E-state index is 10.9. The van der Waals surface area contributed by atoms with Crippen molar-refractivity contribution in [1.29, 1.82) is 0 Å². The molecule has 0 fully saturated rings. The van der Waals surface area contributed by atoms with Gasteiger partial charge in [-0.15, -0.1) is 0 Å². The van der Waals surface area contributed by atoms with E-state index >= 15 is 0 Å². The summed E-state index contributed by atoms with van der Waals surface area (Å²) in [6.07, 6.45) is 4.42. The van der Waals surface area contributed by atoms with E-state index in [1.54, 1.807) is 30.3 Å². The summed E-state index contributed by atoms with van der Waals surface area (Å²) < 4.78 is 0. The molecule has 0 heterocycles. The van der Waals surface area contributed by atoms with Crippen molar-refractivity contribution in [2.45, 2.75) is 6.42 Å². The second-order valence-electron chi connectivity index (χ2n) is 6.24. The summed E-state index contributed by atoms with van der Waals surface area (Å²) in [5.41, 5.74) is 5.41. The Morgan fingerprint density at radius 2 is 1.64 bits per heavy atom. The maximum atomic E-state index is 10.9. The zero-order valence-corrected chi connectivity index (χ0v) is 15.3. The van der Waals surface area contributed by atoms with Crippen molar-refractivity contribution < 1.29 is 15.0 Å². The van der Waals surface area contributed by atoms with Gasteiger partial charge in [-0.25, -0.2) is 4.79 Å². The summed E-state index contributed by atoms with van der Waals surface area (Å²) in [7, 11) is 0. The largest absolute Gasteiger partial charge is 0.478 e. The van der Waals surface area contributed by atoms with Crippen LogP contribution in [0.4, 0.5) is 0 Å². The Kier molecular flexibility index (Phi) is 6.41. The van der Waals surface area contributed by atoms with Crippen molar-refractivity contribution in [3.8, 4) is 23.0 Å². The summed E-state index contributed by atoms with van der Waals surface area (Å²) >= 11 is 0. The topological polar surface area (TPSA) is 57.5 Å². The third kappa shape index (κ3) is 4.97. The number of aromatic carboxylic acids is 1. The summed E-state index contributed by atoms with van der Waals surface area (Å²) in [5, 5.41) is 18.0. The lowest BCUT2D eigenvalue weighted by Gasteiger charge is -2.07. The van der Waals surface area contributed by atoms with E-state index in [1.165, 1.54) is 0 Å². The molecule has 0 aliphatic heterocycles. The number of allylic oxidation sites excluding steroid dienone is 1. The molecule has 28 heavy (non-hydrogen) atoms. The molecular weight excluding hydrogens is 348 g/mol. The van der Waals surface area contributed by atoms with Crippen molar-refractivity contribution in [3.05, 3.63) is 101 Å². The molecule has 138 valence electrons. The van der Waals surface area contributed by atoms with Gasteiger partial charge in [-0.3, -0.25) is 0 Å². The van der Waals surface area contributed by atoms with Crippen LogP contribution in [0.5, 0.6) is 0 Å². The van der Waals surface area contributed by atoms with Crippen molar-refractivity contribution in [2.75, 3.05) is 6.61 Å². The van der Waals surface area contributed by atoms with Gasteiger partial charge >= 0.3 is 5.97 Å². The van der Waals surface area contributed by atoms with E-state index in [0.29, 0.717) is 6.42 Å². The third-order valence-electron chi connectivity index (χ3n) is 4.32. The highest BCUT2D eigenvalue weighted by molar-refractivity contribution is 5.87. The van der Waals surface area contributed by atoms with Crippen molar-refractivity contribution in [2.24, 2.45) is 0 Å². The molecule has 3 nitrogen and oxygen atoms in total. The molecule has 3 aromatic rings. The molecule has 0 saturated carbocycles. The normalized spacial score (nSPS) is 10.5. The zero-order chi connectivity index (χ0) is 19.8. The molecule has 3 heteroatoms. The van der Waals surface area contributed by atoms with E-state index in [2.05, 4.69) is 30.0 Å². The molecule has 0 saturated heterocycles. The fraction of sp³-hybridized carbons (Fsp3) is 0.0800. The van der Waals surface area contributed by atoms with Crippen LogP contribution in [-0.2, 0) is 6.42 Å². The number of carbonyl (C=O) groups is 1. The summed E-state index contributed by atoms with van der Waals surface area (Å²) in [6.45, 7) is 0.149. The van der Waals surface area contributed by atoms with Crippen LogP contribution in [0.2, 0.25) is 0 Å². The lowest BCUT2D eigenvalue weighted by molar-refractivity contribution is 0.0697. The SMILES string of the molecule is O=C(O)c1ccc(C#CC=Cc2ccccc2-c2ccc(CCO)cc2)cc1. The number of rotatable bonds is 5. The zero-order valence-electron chi connectivity index (χ0n) is 15.3. The van der Waals surface area contributed by atoms with E-state index in [0.717, 1.165) is 27.8 Å². The fourth-order valence-electron chi connectivity index (χ4n) is 2.84. The Morgan fingerprint density at radius 3 is 2.32 bits per heavy atom. The Bertz CT molecular complexity index is 1030. The minimum Gasteiger partial charge on any atom is -0.478 e. The van der Waals surface area contributed by atoms with Crippen LogP contribution in [0.1, 0.15) is 27.0 Å². The quantitative estimate of drug-likeness (QED) is 0.645. The van der Waals surface area contributed by atoms with Crippen LogP contribution in [0.15, 0.2) is 78.9 Å². The molecule has 0 aromatic heterocycles. The smallest absolute Gasteiger partial charge is 0.335 e. The number of aliphatic hydroxyl groups excluding tert-OH is 1. The van der Waals surface area contributed by atoms with Crippen LogP contribution in [-0.4, -0.2) is 22.8 Å². The van der Waals surface area contributed by atoms with E-state index in [-0.39, 0.29) is 12.2 Å². The third-order valence-corrected chi connectivity index (χ3v) is 4.32. The second-order valence-corrected chi connectivity index (χ2v) is 6.24. The maximum Gasteiger partial charge on any atom is 0.335 e. The van der Waals surface area contributed by atoms with E-state index in [1.807, 2.05) is 36.4 Å². The number of carboxylic acids is 1. The van der Waals surface area contributed by atoms with Crippen LogP contribution in [0, 0.1) is 11.8 Å². The van der Waals surface area contributed by atoms with Crippen molar-refractivity contribution >= 4 is 12.0 Å². The van der Waals surface area contributed by atoms with Gasteiger partial charge < -0.3 is 10.2 Å². The van der Waals surface area contributed by atoms with Crippen LogP contribution >= 0.6 is 0 Å². The first-order valence-electron chi connectivity index (χ1n) is 8.98. The van der Waals surface area contributed by atoms with Crippen LogP contribution in [0.3, 0.4) is 0 Å². The Morgan fingerprint density at radius 1 is 0.929 bits per heavy atom. The first kappa shape index (κ1) is 19.2. The lowest BCUT2D eigenvalue weighted by Crippen LogP contribution is -1.94. The van der Waals surface area contributed by atoms with Crippen molar-refractivity contribution in [3.63, 3.8) is 0 Å². The predicted octanol–water partition coefficient (Wildman–Crippen LogP) is 4.65. The van der Waals surface area contributed by atoms with E-state index in [9.17, 15) is 4.79 Å². The number of hydrogen-bond donors (Lipinski definition) is 2. The van der Waals surface area contributed by atoms with Gasteiger partial charge in [-0.05, 0) is 65.1 Å². The molecule has 0 spiro atoms. The van der Waals surface area contributed by atoms with Gasteiger partial charge in [0.05, 0.1) is 5.56 Å². The average Bonchev–Trinajstić information content (AvgIpc) is 2.73. The molecule has 0 bridgehead atoms. The highest BCUT2D eigenvalue weighted by Crippen LogP contribution is 2.25. The second kappa shape index (κ2) is 9.36. The number of hydrogen-bond acceptors (Lipinski definition) is 2. The highest BCUT2D eigenvalue weighted by atomic mass is 16.4. The monoisotopic (exact) mass is 368 g/mol. The Labute approximate surface area is 164 Å². The molecule has 0 aliphatic carbocycles. The summed E-state index contributed by atoms with van der Waals surface area (Å²) in [6, 6.07) is 22.8. The minimum atomic E-state index is -0.944. The average molecular weight is 368 g/mol. The Hall–Kier alpha value is -3.61. The van der Waals surface area contributed by atoms with Crippen LogP contribution in [0.25, 0.3) is 17.2 Å². The number of carboxylic acid groups (broad SMARTS) is 1. The number of benzene rings is 3. The molecule has 0 atom stereocenters. The molecule has 0 unspecified atom stereocenters. The highest BCUT2D eigenvalue weighted by Gasteiger charge is 2.02. The first-order valence-corrected chi connectivity index (χ1v) is 8.98. The molecule has 2 N–H and O–H groups in total. The predicted molar refractivity (Wildman–Crippen MR) is 112 cm³/mol. The van der Waals surface area contributed by atoms with Gasteiger partial charge in [0.1, 0.15) is 0 Å². The first-order chi connectivity index (χ1) is 13.7. The minimum absolute atomic E-state index is 0.149. The van der Waals surface area contributed by atoms with Crippen molar-refractivity contribution in [1.82, 2.24) is 0 Å². The fourth-order valence-corrected chi connectivity index (χ4v) is 2.84. The molecule has 3 aromatic carbocycles. The molecular formula is C25H20O3. The molecule has 0 aliphatic rings. The number of aliphatic hydroxyl groups is 1. The summed E-state index contributed by atoms with van der Waals surface area (Å²) in [4.78, 5) is 10.9. The van der Waals surface area contributed by atoms with Gasteiger partial charge in [0.15, 0.2) is 0 Å². The standard InChI is InChI=1S/C25H20O3/c26-18-17-20-9-13-22(14-10-20)24-8-4-3-7-21(24)6-2-1-5-19-11-15-23(16-12-19)25(27)28/h2-4,6-16,26H,17-18H2,(H,27,28). The molecule has 3 rings (SSSR count).